The second-order valence-corrected chi connectivity index (χ2v) is 3.82. The minimum absolute atomic E-state index is 0.0467. The summed E-state index contributed by atoms with van der Waals surface area (Å²) in [7, 11) is 0. The first-order valence-electron chi connectivity index (χ1n) is 5.13. The summed E-state index contributed by atoms with van der Waals surface area (Å²) in [4.78, 5) is 21.7. The molecule has 0 radical (unpaired) electrons. The summed E-state index contributed by atoms with van der Waals surface area (Å²) in [6, 6.07) is 4.03. The second-order valence-electron chi connectivity index (χ2n) is 3.82. The van der Waals surface area contributed by atoms with Crippen LogP contribution in [0, 0.1) is 17.0 Å². The number of aryl methyl sites for hydroxylation is 1. The van der Waals surface area contributed by atoms with Crippen LogP contribution in [-0.4, -0.2) is 28.6 Å². The highest BCUT2D eigenvalue weighted by Gasteiger charge is 2.13. The van der Waals surface area contributed by atoms with E-state index in [-0.39, 0.29) is 18.1 Å². The Morgan fingerprint density at radius 2 is 2.24 bits per heavy atom. The maximum Gasteiger partial charge on any atom is 0.269 e. The van der Waals surface area contributed by atoms with Gasteiger partial charge in [-0.3, -0.25) is 14.9 Å². The lowest BCUT2D eigenvalue weighted by Gasteiger charge is -2.08. The molecule has 1 amide bonds. The summed E-state index contributed by atoms with van der Waals surface area (Å²) in [6.45, 7) is 3.34. The van der Waals surface area contributed by atoms with Crippen LogP contribution in [0.1, 0.15) is 22.8 Å². The van der Waals surface area contributed by atoms with E-state index in [4.69, 9.17) is 5.11 Å². The zero-order valence-corrected chi connectivity index (χ0v) is 9.64. The van der Waals surface area contributed by atoms with Crippen LogP contribution in [0.25, 0.3) is 0 Å². The average molecular weight is 238 g/mol. The molecule has 0 spiro atoms. The quantitative estimate of drug-likeness (QED) is 0.605. The number of aliphatic hydroxyl groups is 1. The summed E-state index contributed by atoms with van der Waals surface area (Å²) >= 11 is 0. The molecule has 1 aromatic rings. The number of non-ortho nitro benzene ring substituents is 1. The van der Waals surface area contributed by atoms with E-state index in [0.717, 1.165) is 0 Å². The van der Waals surface area contributed by atoms with Crippen molar-refractivity contribution in [3.8, 4) is 0 Å². The van der Waals surface area contributed by atoms with Crippen molar-refractivity contribution in [2.24, 2.45) is 0 Å². The molecule has 17 heavy (non-hydrogen) atoms. The molecule has 0 saturated heterocycles. The molecule has 6 nitrogen and oxygen atoms in total. The first-order valence-corrected chi connectivity index (χ1v) is 5.13. The smallest absolute Gasteiger partial charge is 0.269 e. The summed E-state index contributed by atoms with van der Waals surface area (Å²) in [5.74, 6) is -0.349. The minimum atomic E-state index is -0.627. The van der Waals surface area contributed by atoms with Gasteiger partial charge in [0.05, 0.1) is 11.0 Å². The van der Waals surface area contributed by atoms with Gasteiger partial charge in [-0.05, 0) is 25.5 Å². The highest BCUT2D eigenvalue weighted by molar-refractivity contribution is 5.95. The van der Waals surface area contributed by atoms with Gasteiger partial charge < -0.3 is 10.4 Å². The zero-order chi connectivity index (χ0) is 13.0. The fourth-order valence-electron chi connectivity index (χ4n) is 1.35. The van der Waals surface area contributed by atoms with Crippen molar-refractivity contribution in [1.82, 2.24) is 5.32 Å². The fourth-order valence-corrected chi connectivity index (χ4v) is 1.35. The van der Waals surface area contributed by atoms with Crippen molar-refractivity contribution in [3.63, 3.8) is 0 Å². The third-order valence-electron chi connectivity index (χ3n) is 2.22. The lowest BCUT2D eigenvalue weighted by Crippen LogP contribution is -2.30. The molecule has 6 heteroatoms. The molecule has 1 rings (SSSR count). The maximum absolute atomic E-state index is 11.7. The second kappa shape index (κ2) is 5.40. The normalized spacial score (nSPS) is 11.9. The number of nitrogens with one attached hydrogen (secondary N) is 1. The van der Waals surface area contributed by atoms with Gasteiger partial charge in [0, 0.05) is 24.2 Å². The Hall–Kier alpha value is -1.95. The first-order chi connectivity index (χ1) is 7.91. The van der Waals surface area contributed by atoms with E-state index in [1.807, 2.05) is 0 Å². The van der Waals surface area contributed by atoms with Crippen molar-refractivity contribution in [1.29, 1.82) is 0 Å². The fraction of sp³-hybridized carbons (Fsp3) is 0.364. The van der Waals surface area contributed by atoms with Crippen LogP contribution in [0.4, 0.5) is 5.69 Å². The summed E-state index contributed by atoms with van der Waals surface area (Å²) in [5, 5.41) is 22.1. The van der Waals surface area contributed by atoms with Crippen molar-refractivity contribution >= 4 is 11.6 Å². The molecular formula is C11H14N2O4. The van der Waals surface area contributed by atoms with E-state index in [0.29, 0.717) is 11.1 Å². The van der Waals surface area contributed by atoms with Gasteiger partial charge in [0.2, 0.25) is 0 Å². The van der Waals surface area contributed by atoms with E-state index in [9.17, 15) is 14.9 Å². The van der Waals surface area contributed by atoms with Crippen LogP contribution in [-0.2, 0) is 0 Å². The maximum atomic E-state index is 11.7. The number of carbonyl (C=O) groups is 1. The summed E-state index contributed by atoms with van der Waals surface area (Å²) in [6.07, 6.45) is -0.627. The number of aliphatic hydroxyl groups excluding tert-OH is 1. The van der Waals surface area contributed by atoms with Crippen LogP contribution in [0.15, 0.2) is 18.2 Å². The molecule has 0 fully saturated rings. The van der Waals surface area contributed by atoms with Gasteiger partial charge in [-0.15, -0.1) is 0 Å². The van der Waals surface area contributed by atoms with Gasteiger partial charge in [0.25, 0.3) is 11.6 Å². The molecule has 0 aliphatic heterocycles. The molecule has 1 atom stereocenters. The predicted octanol–water partition coefficient (Wildman–Crippen LogP) is 1.01. The van der Waals surface area contributed by atoms with E-state index in [1.165, 1.54) is 18.2 Å². The lowest BCUT2D eigenvalue weighted by molar-refractivity contribution is -0.384. The third-order valence-corrected chi connectivity index (χ3v) is 2.22. The Morgan fingerprint density at radius 3 is 2.71 bits per heavy atom. The van der Waals surface area contributed by atoms with Crippen molar-refractivity contribution in [2.45, 2.75) is 20.0 Å². The van der Waals surface area contributed by atoms with Gasteiger partial charge in [-0.1, -0.05) is 0 Å². The highest BCUT2D eigenvalue weighted by atomic mass is 16.6. The number of nitro benzene ring substituents is 1. The van der Waals surface area contributed by atoms with Crippen LogP contribution in [0.2, 0.25) is 0 Å². The molecule has 0 aliphatic rings. The van der Waals surface area contributed by atoms with Crippen molar-refractivity contribution < 1.29 is 14.8 Å². The third kappa shape index (κ3) is 3.53. The minimum Gasteiger partial charge on any atom is -0.392 e. The zero-order valence-electron chi connectivity index (χ0n) is 9.64. The number of hydrogen-bond donors (Lipinski definition) is 2. The van der Waals surface area contributed by atoms with E-state index >= 15 is 0 Å². The highest BCUT2D eigenvalue weighted by Crippen LogP contribution is 2.16. The van der Waals surface area contributed by atoms with Gasteiger partial charge >= 0.3 is 0 Å². The van der Waals surface area contributed by atoms with Crippen LogP contribution < -0.4 is 5.32 Å². The molecule has 0 aromatic heterocycles. The molecule has 1 aromatic carbocycles. The number of rotatable bonds is 4. The predicted molar refractivity (Wildman–Crippen MR) is 61.8 cm³/mol. The van der Waals surface area contributed by atoms with Crippen LogP contribution in [0.3, 0.4) is 0 Å². The van der Waals surface area contributed by atoms with Gasteiger partial charge in [-0.25, -0.2) is 0 Å². The SMILES string of the molecule is Cc1cc([N+](=O)[O-])ccc1C(=O)NC[C@@H](C)O. The molecule has 0 unspecified atom stereocenters. The number of hydrogen-bond acceptors (Lipinski definition) is 4. The molecule has 0 heterocycles. The number of carbonyl (C=O) groups excluding carboxylic acids is 1. The van der Waals surface area contributed by atoms with Crippen molar-refractivity contribution in [3.05, 3.63) is 39.4 Å². The van der Waals surface area contributed by atoms with E-state index in [2.05, 4.69) is 5.32 Å². The van der Waals surface area contributed by atoms with Gasteiger partial charge in [0.1, 0.15) is 0 Å². The Labute approximate surface area is 98.4 Å². The Kier molecular flexibility index (Phi) is 4.17. The lowest BCUT2D eigenvalue weighted by atomic mass is 10.1. The van der Waals surface area contributed by atoms with Gasteiger partial charge in [-0.2, -0.15) is 0 Å². The van der Waals surface area contributed by atoms with E-state index < -0.39 is 11.0 Å². The van der Waals surface area contributed by atoms with Crippen LogP contribution >= 0.6 is 0 Å². The largest absolute Gasteiger partial charge is 0.392 e. The average Bonchev–Trinajstić information content (AvgIpc) is 2.25. The summed E-state index contributed by atoms with van der Waals surface area (Å²) < 4.78 is 0. The monoisotopic (exact) mass is 238 g/mol. The first kappa shape index (κ1) is 13.1. The Bertz CT molecular complexity index is 443. The summed E-state index contributed by atoms with van der Waals surface area (Å²) in [5.41, 5.74) is 0.855. The molecule has 0 saturated carbocycles. The molecule has 0 bridgehead atoms. The number of amides is 1. The Morgan fingerprint density at radius 1 is 1.59 bits per heavy atom. The van der Waals surface area contributed by atoms with E-state index in [1.54, 1.807) is 13.8 Å². The number of nitro groups is 1. The number of nitrogens with zero attached hydrogens (tertiary/aromatic N) is 1. The topological polar surface area (TPSA) is 92.5 Å². The van der Waals surface area contributed by atoms with Crippen LogP contribution in [0.5, 0.6) is 0 Å². The standard InChI is InChI=1S/C11H14N2O4/c1-7-5-9(13(16)17)3-4-10(7)11(15)12-6-8(2)14/h3-5,8,14H,6H2,1-2H3,(H,12,15)/t8-/m1/s1. The van der Waals surface area contributed by atoms with Gasteiger partial charge in [0.15, 0.2) is 0 Å². The Balaban J connectivity index is 2.85. The molecule has 92 valence electrons. The number of benzene rings is 1. The molecule has 0 aliphatic carbocycles. The molecule has 2 N–H and O–H groups in total. The van der Waals surface area contributed by atoms with Crippen molar-refractivity contribution in [2.75, 3.05) is 6.54 Å². The molecular weight excluding hydrogens is 224 g/mol.